The molecule has 0 unspecified atom stereocenters. The Bertz CT molecular complexity index is 267. The molecule has 0 fully saturated rings. The standard InChI is InChI=1S/C11H13Si.Li/c1-12(10-6-2-3-7-10)11-8-4-5-9-11;/h2-6,8H,7,9H2,1H3;/q;+1. The first-order chi connectivity index (χ1) is 5.88. The first-order valence-electron chi connectivity index (χ1n) is 4.43. The molecular formula is C11H13LiSi+. The Kier molecular flexibility index (Phi) is 4.06. The molecule has 0 saturated heterocycles. The maximum atomic E-state index is 2.41. The van der Waals surface area contributed by atoms with Gasteiger partial charge in [0.25, 0.3) is 0 Å². The summed E-state index contributed by atoms with van der Waals surface area (Å²) in [5.41, 5.74) is 0. The Morgan fingerprint density at radius 1 is 1.00 bits per heavy atom. The van der Waals surface area contributed by atoms with Crippen molar-refractivity contribution < 1.29 is 18.9 Å². The van der Waals surface area contributed by atoms with Crippen molar-refractivity contribution in [3.63, 3.8) is 0 Å². The van der Waals surface area contributed by atoms with Crippen LogP contribution in [0.2, 0.25) is 6.55 Å². The van der Waals surface area contributed by atoms with Gasteiger partial charge in [0.15, 0.2) is 0 Å². The van der Waals surface area contributed by atoms with Gasteiger partial charge in [-0.3, -0.25) is 0 Å². The van der Waals surface area contributed by atoms with Crippen molar-refractivity contribution in [2.24, 2.45) is 0 Å². The summed E-state index contributed by atoms with van der Waals surface area (Å²) in [6.45, 7) is 2.41. The third-order valence-corrected chi connectivity index (χ3v) is 5.17. The number of rotatable bonds is 2. The van der Waals surface area contributed by atoms with Crippen LogP contribution in [0.15, 0.2) is 46.8 Å². The van der Waals surface area contributed by atoms with E-state index in [0.717, 1.165) is 0 Å². The van der Waals surface area contributed by atoms with Crippen LogP contribution in [0, 0.1) is 0 Å². The van der Waals surface area contributed by atoms with Gasteiger partial charge in [-0.2, -0.15) is 0 Å². The topological polar surface area (TPSA) is 0 Å². The number of hydrogen-bond acceptors (Lipinski definition) is 0. The zero-order valence-electron chi connectivity index (χ0n) is 8.38. The fourth-order valence-electron chi connectivity index (χ4n) is 1.66. The molecule has 0 spiro atoms. The van der Waals surface area contributed by atoms with Gasteiger partial charge < -0.3 is 0 Å². The van der Waals surface area contributed by atoms with Gasteiger partial charge in [0.1, 0.15) is 8.80 Å². The molecule has 2 aliphatic rings. The van der Waals surface area contributed by atoms with Crippen LogP contribution in [0.25, 0.3) is 0 Å². The molecule has 0 amide bonds. The van der Waals surface area contributed by atoms with Crippen molar-refractivity contribution in [1.82, 2.24) is 0 Å². The maximum absolute atomic E-state index is 2.41. The molecule has 0 aromatic rings. The molecule has 0 atom stereocenters. The van der Waals surface area contributed by atoms with E-state index in [0.29, 0.717) is 0 Å². The summed E-state index contributed by atoms with van der Waals surface area (Å²) < 4.78 is 0. The number of hydrogen-bond donors (Lipinski definition) is 0. The molecule has 0 aliphatic heterocycles. The predicted molar refractivity (Wildman–Crippen MR) is 55.3 cm³/mol. The van der Waals surface area contributed by atoms with Gasteiger partial charge in [-0.15, -0.1) is 0 Å². The van der Waals surface area contributed by atoms with Gasteiger partial charge >= 0.3 is 18.9 Å². The number of allylic oxidation sites excluding steroid dienone is 8. The molecular weight excluding hydrogens is 167 g/mol. The van der Waals surface area contributed by atoms with Crippen LogP contribution in [-0.2, 0) is 0 Å². The van der Waals surface area contributed by atoms with Crippen LogP contribution >= 0.6 is 0 Å². The van der Waals surface area contributed by atoms with E-state index in [-0.39, 0.29) is 27.7 Å². The first kappa shape index (κ1) is 10.9. The zero-order chi connectivity index (χ0) is 8.39. The second-order valence-corrected chi connectivity index (χ2v) is 5.81. The molecule has 0 N–H and O–H groups in total. The Morgan fingerprint density at radius 3 is 1.77 bits per heavy atom. The van der Waals surface area contributed by atoms with E-state index in [2.05, 4.69) is 43.0 Å². The van der Waals surface area contributed by atoms with Crippen molar-refractivity contribution in [1.29, 1.82) is 0 Å². The molecule has 0 saturated carbocycles. The predicted octanol–water partition coefficient (Wildman–Crippen LogP) is -0.0340. The Morgan fingerprint density at radius 2 is 1.46 bits per heavy atom. The van der Waals surface area contributed by atoms with Gasteiger partial charge in [-0.05, 0) is 12.8 Å². The van der Waals surface area contributed by atoms with E-state index in [4.69, 9.17) is 0 Å². The third-order valence-electron chi connectivity index (χ3n) is 2.51. The van der Waals surface area contributed by atoms with Crippen molar-refractivity contribution in [2.75, 3.05) is 0 Å². The molecule has 2 heteroatoms. The van der Waals surface area contributed by atoms with E-state index in [9.17, 15) is 0 Å². The third kappa shape index (κ3) is 2.37. The molecule has 0 bridgehead atoms. The summed E-state index contributed by atoms with van der Waals surface area (Å²) in [6.07, 6.45) is 15.9. The smallest absolute Gasteiger partial charge is 0.0809 e. The minimum atomic E-state index is -0.348. The van der Waals surface area contributed by atoms with Crippen molar-refractivity contribution in [3.05, 3.63) is 46.8 Å². The van der Waals surface area contributed by atoms with Crippen molar-refractivity contribution in [3.8, 4) is 0 Å². The maximum Gasteiger partial charge on any atom is 1.00 e. The minimum Gasteiger partial charge on any atom is -0.0809 e. The largest absolute Gasteiger partial charge is 1.00 e. The van der Waals surface area contributed by atoms with Gasteiger partial charge in [-0.25, -0.2) is 0 Å². The minimum absolute atomic E-state index is 0. The Hall–Kier alpha value is -0.226. The molecule has 0 aromatic carbocycles. The van der Waals surface area contributed by atoms with E-state index in [1.54, 1.807) is 10.4 Å². The molecule has 2 rings (SSSR count). The van der Waals surface area contributed by atoms with Crippen LogP contribution in [0.5, 0.6) is 0 Å². The van der Waals surface area contributed by atoms with E-state index >= 15 is 0 Å². The van der Waals surface area contributed by atoms with Gasteiger partial charge in [0.2, 0.25) is 0 Å². The summed E-state index contributed by atoms with van der Waals surface area (Å²) in [5, 5.41) is 3.32. The Labute approximate surface area is 93.9 Å². The second-order valence-electron chi connectivity index (χ2n) is 3.27. The van der Waals surface area contributed by atoms with Crippen LogP contribution in [0.3, 0.4) is 0 Å². The monoisotopic (exact) mass is 180 g/mol. The average Bonchev–Trinajstić information content (AvgIpc) is 2.77. The summed E-state index contributed by atoms with van der Waals surface area (Å²) >= 11 is 0. The molecule has 1 radical (unpaired) electrons. The van der Waals surface area contributed by atoms with E-state index in [1.807, 2.05) is 0 Å². The molecule has 2 aliphatic carbocycles. The summed E-state index contributed by atoms with van der Waals surface area (Å²) in [5.74, 6) is 0. The molecule has 61 valence electrons. The summed E-state index contributed by atoms with van der Waals surface area (Å²) in [7, 11) is -0.348. The van der Waals surface area contributed by atoms with Crippen LogP contribution in [0.1, 0.15) is 12.8 Å². The summed E-state index contributed by atoms with van der Waals surface area (Å²) in [6, 6.07) is 0. The van der Waals surface area contributed by atoms with Crippen LogP contribution in [0.4, 0.5) is 0 Å². The fraction of sp³-hybridized carbons (Fsp3) is 0.273. The van der Waals surface area contributed by atoms with Crippen LogP contribution in [-0.4, -0.2) is 8.80 Å². The average molecular weight is 180 g/mol. The van der Waals surface area contributed by atoms with E-state index < -0.39 is 0 Å². The fourth-order valence-corrected chi connectivity index (χ4v) is 3.61. The molecule has 0 heterocycles. The zero-order valence-corrected chi connectivity index (χ0v) is 9.38. The SMILES string of the molecule is C[Si](C1=CC=CC1)C1=CC=CC1.[Li+]. The van der Waals surface area contributed by atoms with Gasteiger partial charge in [0, 0.05) is 0 Å². The van der Waals surface area contributed by atoms with Crippen molar-refractivity contribution in [2.45, 2.75) is 19.4 Å². The quantitative estimate of drug-likeness (QED) is 0.523. The second kappa shape index (κ2) is 4.86. The normalized spacial score (nSPS) is 18.9. The van der Waals surface area contributed by atoms with E-state index in [1.165, 1.54) is 12.8 Å². The summed E-state index contributed by atoms with van der Waals surface area (Å²) in [4.78, 5) is 0. The van der Waals surface area contributed by atoms with Crippen LogP contribution < -0.4 is 18.9 Å². The molecule has 0 aromatic heterocycles. The van der Waals surface area contributed by atoms with Gasteiger partial charge in [0.05, 0.1) is 0 Å². The van der Waals surface area contributed by atoms with Gasteiger partial charge in [-0.1, -0.05) is 53.4 Å². The first-order valence-corrected chi connectivity index (χ1v) is 6.43. The van der Waals surface area contributed by atoms with Crippen molar-refractivity contribution >= 4 is 8.80 Å². The molecule has 13 heavy (non-hydrogen) atoms. The Balaban J connectivity index is 0.000000845. The molecule has 0 nitrogen and oxygen atoms in total.